The van der Waals surface area contributed by atoms with Crippen LogP contribution >= 0.6 is 0 Å². The standard InChI is InChI=1S/C27H44N2O2/c1-30-27(31-2)26(18-11-19-28-20-22-12-9-10-13-23(22)21-28)29(24-14-5-3-6-15-24)25-16-7-4-8-17-25/h9-10,12-13,24-27H,3-8,11,14-21H2,1-2H3. The predicted molar refractivity (Wildman–Crippen MR) is 127 cm³/mol. The first-order valence-corrected chi connectivity index (χ1v) is 12.9. The van der Waals surface area contributed by atoms with Crippen molar-refractivity contribution in [1.29, 1.82) is 0 Å². The van der Waals surface area contributed by atoms with Gasteiger partial charge in [-0.05, 0) is 56.2 Å². The van der Waals surface area contributed by atoms with Crippen LogP contribution in [0.3, 0.4) is 0 Å². The minimum atomic E-state index is -0.125. The van der Waals surface area contributed by atoms with Crippen LogP contribution in [0.2, 0.25) is 0 Å². The van der Waals surface area contributed by atoms with Crippen LogP contribution in [0.5, 0.6) is 0 Å². The quantitative estimate of drug-likeness (QED) is 0.444. The van der Waals surface area contributed by atoms with Gasteiger partial charge in [0.2, 0.25) is 0 Å². The molecule has 1 unspecified atom stereocenters. The molecule has 174 valence electrons. The number of hydrogen-bond acceptors (Lipinski definition) is 4. The van der Waals surface area contributed by atoms with E-state index in [2.05, 4.69) is 34.1 Å². The normalized spacial score (nSPS) is 22.3. The Hall–Kier alpha value is -0.940. The summed E-state index contributed by atoms with van der Waals surface area (Å²) in [5.74, 6) is 0. The zero-order valence-corrected chi connectivity index (χ0v) is 19.9. The van der Waals surface area contributed by atoms with Gasteiger partial charge in [0.15, 0.2) is 6.29 Å². The third-order valence-corrected chi connectivity index (χ3v) is 8.03. The maximum absolute atomic E-state index is 5.92. The van der Waals surface area contributed by atoms with Crippen molar-refractivity contribution in [3.05, 3.63) is 35.4 Å². The molecule has 2 saturated carbocycles. The summed E-state index contributed by atoms with van der Waals surface area (Å²) < 4.78 is 11.8. The highest BCUT2D eigenvalue weighted by Crippen LogP contribution is 2.34. The van der Waals surface area contributed by atoms with Crippen molar-refractivity contribution in [3.63, 3.8) is 0 Å². The first-order valence-electron chi connectivity index (χ1n) is 12.9. The summed E-state index contributed by atoms with van der Waals surface area (Å²) in [4.78, 5) is 5.52. The van der Waals surface area contributed by atoms with Crippen molar-refractivity contribution < 1.29 is 9.47 Å². The highest BCUT2D eigenvalue weighted by molar-refractivity contribution is 5.30. The van der Waals surface area contributed by atoms with E-state index in [1.807, 2.05) is 14.2 Å². The van der Waals surface area contributed by atoms with Gasteiger partial charge in [0.1, 0.15) is 0 Å². The second-order valence-electron chi connectivity index (χ2n) is 10.1. The van der Waals surface area contributed by atoms with Crippen LogP contribution in [0.25, 0.3) is 0 Å². The van der Waals surface area contributed by atoms with E-state index in [0.717, 1.165) is 26.1 Å². The third-order valence-electron chi connectivity index (χ3n) is 8.03. The molecule has 0 N–H and O–H groups in total. The topological polar surface area (TPSA) is 24.9 Å². The molecule has 0 aromatic heterocycles. The van der Waals surface area contributed by atoms with Gasteiger partial charge < -0.3 is 9.47 Å². The van der Waals surface area contributed by atoms with Crippen molar-refractivity contribution in [1.82, 2.24) is 9.80 Å². The molecule has 4 nitrogen and oxygen atoms in total. The number of nitrogens with zero attached hydrogens (tertiary/aromatic N) is 2. The fourth-order valence-electron chi connectivity index (χ4n) is 6.52. The van der Waals surface area contributed by atoms with Crippen molar-refractivity contribution in [2.75, 3.05) is 20.8 Å². The van der Waals surface area contributed by atoms with E-state index in [1.165, 1.54) is 81.8 Å². The van der Waals surface area contributed by atoms with E-state index < -0.39 is 0 Å². The van der Waals surface area contributed by atoms with Crippen LogP contribution in [0.1, 0.15) is 88.2 Å². The Morgan fingerprint density at radius 2 is 1.35 bits per heavy atom. The first kappa shape index (κ1) is 23.2. The molecule has 0 amide bonds. The average molecular weight is 429 g/mol. The fourth-order valence-corrected chi connectivity index (χ4v) is 6.52. The van der Waals surface area contributed by atoms with E-state index in [1.54, 1.807) is 0 Å². The van der Waals surface area contributed by atoms with Crippen molar-refractivity contribution in [2.24, 2.45) is 0 Å². The van der Waals surface area contributed by atoms with E-state index in [-0.39, 0.29) is 6.29 Å². The highest BCUT2D eigenvalue weighted by atomic mass is 16.7. The predicted octanol–water partition coefficient (Wildman–Crippen LogP) is 5.74. The lowest BCUT2D eigenvalue weighted by atomic mass is 9.86. The summed E-state index contributed by atoms with van der Waals surface area (Å²) in [6, 6.07) is 10.7. The van der Waals surface area contributed by atoms with Crippen LogP contribution < -0.4 is 0 Å². The van der Waals surface area contributed by atoms with Gasteiger partial charge in [-0.2, -0.15) is 0 Å². The van der Waals surface area contributed by atoms with E-state index in [0.29, 0.717) is 18.1 Å². The molecule has 0 bridgehead atoms. The van der Waals surface area contributed by atoms with Gasteiger partial charge in [0.25, 0.3) is 0 Å². The zero-order chi connectivity index (χ0) is 21.5. The molecular weight excluding hydrogens is 384 g/mol. The van der Waals surface area contributed by atoms with Crippen molar-refractivity contribution >= 4 is 0 Å². The van der Waals surface area contributed by atoms with Crippen LogP contribution in [0, 0.1) is 0 Å². The fraction of sp³-hybridized carbons (Fsp3) is 0.778. The lowest BCUT2D eigenvalue weighted by Crippen LogP contribution is -2.56. The van der Waals surface area contributed by atoms with Crippen molar-refractivity contribution in [2.45, 2.75) is 115 Å². The molecule has 1 aromatic rings. The molecule has 31 heavy (non-hydrogen) atoms. The number of methoxy groups -OCH3 is 2. The summed E-state index contributed by atoms with van der Waals surface area (Å²) in [5.41, 5.74) is 3.02. The molecule has 0 radical (unpaired) electrons. The average Bonchev–Trinajstić information content (AvgIpc) is 3.24. The number of rotatable bonds is 10. The van der Waals surface area contributed by atoms with Gasteiger partial charge in [0.05, 0.1) is 6.04 Å². The Bertz CT molecular complexity index is 607. The number of ether oxygens (including phenoxy) is 2. The smallest absolute Gasteiger partial charge is 0.172 e. The third kappa shape index (κ3) is 5.90. The molecule has 1 atom stereocenters. The van der Waals surface area contributed by atoms with Crippen molar-refractivity contribution in [3.8, 4) is 0 Å². The number of hydrogen-bond donors (Lipinski definition) is 0. The van der Waals surface area contributed by atoms with Crippen LogP contribution in [-0.4, -0.2) is 55.0 Å². The Labute approximate surface area is 190 Å². The molecule has 0 saturated heterocycles. The first-order chi connectivity index (χ1) is 15.3. The largest absolute Gasteiger partial charge is 0.354 e. The zero-order valence-electron chi connectivity index (χ0n) is 19.9. The highest BCUT2D eigenvalue weighted by Gasteiger charge is 2.38. The number of benzene rings is 1. The molecule has 2 fully saturated rings. The maximum atomic E-state index is 5.92. The van der Waals surface area contributed by atoms with Gasteiger partial charge in [-0.3, -0.25) is 9.80 Å². The molecule has 1 aliphatic heterocycles. The Kier molecular flexibility index (Phi) is 8.83. The Balaban J connectivity index is 1.43. The van der Waals surface area contributed by atoms with Crippen LogP contribution in [-0.2, 0) is 22.6 Å². The van der Waals surface area contributed by atoms with Crippen LogP contribution in [0.15, 0.2) is 24.3 Å². The molecule has 1 heterocycles. The van der Waals surface area contributed by atoms with Gasteiger partial charge in [0, 0.05) is 39.4 Å². The molecule has 4 rings (SSSR count). The molecule has 4 heteroatoms. The molecular formula is C27H44N2O2. The minimum absolute atomic E-state index is 0.125. The summed E-state index contributed by atoms with van der Waals surface area (Å²) in [6.07, 6.45) is 16.0. The Morgan fingerprint density at radius 3 is 1.84 bits per heavy atom. The SMILES string of the molecule is COC(OC)C(CCCN1Cc2ccccc2C1)N(C1CCCCC1)C1CCCCC1. The maximum Gasteiger partial charge on any atom is 0.172 e. The summed E-state index contributed by atoms with van der Waals surface area (Å²) >= 11 is 0. The second kappa shape index (κ2) is 11.8. The Morgan fingerprint density at radius 1 is 0.839 bits per heavy atom. The lowest BCUT2D eigenvalue weighted by Gasteiger charge is -2.48. The lowest BCUT2D eigenvalue weighted by molar-refractivity contribution is -0.165. The van der Waals surface area contributed by atoms with Crippen LogP contribution in [0.4, 0.5) is 0 Å². The van der Waals surface area contributed by atoms with Gasteiger partial charge in [-0.1, -0.05) is 62.8 Å². The monoisotopic (exact) mass is 428 g/mol. The van der Waals surface area contributed by atoms with E-state index in [9.17, 15) is 0 Å². The van der Waals surface area contributed by atoms with Gasteiger partial charge >= 0.3 is 0 Å². The second-order valence-corrected chi connectivity index (χ2v) is 10.1. The van der Waals surface area contributed by atoms with Gasteiger partial charge in [-0.25, -0.2) is 0 Å². The molecule has 1 aromatic carbocycles. The van der Waals surface area contributed by atoms with E-state index >= 15 is 0 Å². The summed E-state index contributed by atoms with van der Waals surface area (Å²) in [5, 5.41) is 0. The summed E-state index contributed by atoms with van der Waals surface area (Å²) in [6.45, 7) is 3.37. The van der Waals surface area contributed by atoms with Gasteiger partial charge in [-0.15, -0.1) is 0 Å². The minimum Gasteiger partial charge on any atom is -0.354 e. The summed E-state index contributed by atoms with van der Waals surface area (Å²) in [7, 11) is 3.66. The molecule has 0 spiro atoms. The molecule has 2 aliphatic carbocycles. The number of fused-ring (bicyclic) bond motifs is 1. The van der Waals surface area contributed by atoms with E-state index in [4.69, 9.17) is 9.47 Å². The molecule has 3 aliphatic rings.